The van der Waals surface area contributed by atoms with Crippen LogP contribution < -0.4 is 9.47 Å². The molecule has 2 rings (SSSR count). The maximum atomic E-state index is 12.3. The summed E-state index contributed by atoms with van der Waals surface area (Å²) in [6.45, 7) is 4.05. The molecule has 0 aliphatic carbocycles. The largest absolute Gasteiger partial charge is 0.493 e. The van der Waals surface area contributed by atoms with Crippen LogP contribution in [0.2, 0.25) is 0 Å². The molecule has 116 valence electrons. The van der Waals surface area contributed by atoms with Gasteiger partial charge in [-0.3, -0.25) is 9.69 Å². The lowest BCUT2D eigenvalue weighted by molar-refractivity contribution is -0.121. The lowest BCUT2D eigenvalue weighted by atomic mass is 10.2. The fraction of sp³-hybridized carbons (Fsp3) is 0.200. The summed E-state index contributed by atoms with van der Waals surface area (Å²) < 4.78 is 11.9. The number of carbonyl (C=O) groups excluding carboxylic acids is 1. The van der Waals surface area contributed by atoms with Crippen molar-refractivity contribution < 1.29 is 14.3 Å². The van der Waals surface area contributed by atoms with Gasteiger partial charge >= 0.3 is 0 Å². The molecule has 1 aliphatic heterocycles. The third kappa shape index (κ3) is 3.37. The molecule has 0 N–H and O–H groups in total. The predicted octanol–water partition coefficient (Wildman–Crippen LogP) is 3.85. The molecule has 1 aromatic rings. The number of methoxy groups -OCH3 is 2. The average Bonchev–Trinajstić information content (AvgIpc) is 2.74. The van der Waals surface area contributed by atoms with E-state index in [1.807, 2.05) is 12.1 Å². The first-order valence-corrected chi connectivity index (χ1v) is 8.31. The highest BCUT2D eigenvalue weighted by atomic mass is 79.9. The molecule has 1 aliphatic rings. The normalized spacial score (nSPS) is 16.3. The van der Waals surface area contributed by atoms with Crippen LogP contribution in [-0.2, 0) is 4.79 Å². The number of halogens is 1. The van der Waals surface area contributed by atoms with E-state index in [9.17, 15) is 4.79 Å². The summed E-state index contributed by atoms with van der Waals surface area (Å²) in [5.41, 5.74) is 0.823. The van der Waals surface area contributed by atoms with Crippen LogP contribution in [0, 0.1) is 0 Å². The van der Waals surface area contributed by atoms with Crippen LogP contribution in [-0.4, -0.2) is 35.9 Å². The van der Waals surface area contributed by atoms with Crippen molar-refractivity contribution in [1.82, 2.24) is 4.90 Å². The van der Waals surface area contributed by atoms with Crippen molar-refractivity contribution in [3.8, 4) is 11.5 Å². The van der Waals surface area contributed by atoms with Gasteiger partial charge in [0.05, 0.1) is 23.6 Å². The van der Waals surface area contributed by atoms with Crippen LogP contribution in [0.3, 0.4) is 0 Å². The Hall–Kier alpha value is -1.31. The fourth-order valence-corrected chi connectivity index (χ4v) is 3.86. The number of hydrogen-bond donors (Lipinski definition) is 0. The summed E-state index contributed by atoms with van der Waals surface area (Å²) in [6, 6.07) is 3.67. The second kappa shape index (κ2) is 7.30. The summed E-state index contributed by atoms with van der Waals surface area (Å²) >= 11 is 9.93. The molecule has 7 heteroatoms. The first-order valence-electron chi connectivity index (χ1n) is 6.29. The molecule has 22 heavy (non-hydrogen) atoms. The standard InChI is InChI=1S/C15H14BrNO3S2/c1-4-5-17-14(18)12(22-15(17)21)8-9-6-10(16)13(20-3)11(7-9)19-2/h4,6-8H,1,5H2,2-3H3. The Bertz CT molecular complexity index is 673. The van der Waals surface area contributed by atoms with Crippen LogP contribution in [0.5, 0.6) is 11.5 Å². The summed E-state index contributed by atoms with van der Waals surface area (Å²) in [5.74, 6) is 1.09. The van der Waals surface area contributed by atoms with Crippen molar-refractivity contribution in [2.75, 3.05) is 20.8 Å². The Morgan fingerprint density at radius 3 is 2.73 bits per heavy atom. The lowest BCUT2D eigenvalue weighted by Crippen LogP contribution is -2.27. The van der Waals surface area contributed by atoms with Gasteiger partial charge in [-0.15, -0.1) is 6.58 Å². The minimum atomic E-state index is -0.110. The van der Waals surface area contributed by atoms with E-state index >= 15 is 0 Å². The monoisotopic (exact) mass is 399 g/mol. The van der Waals surface area contributed by atoms with Gasteiger partial charge in [-0.05, 0) is 39.7 Å². The zero-order valence-electron chi connectivity index (χ0n) is 12.1. The van der Waals surface area contributed by atoms with Crippen LogP contribution in [0.15, 0.2) is 34.2 Å². The van der Waals surface area contributed by atoms with Gasteiger partial charge in [-0.1, -0.05) is 30.1 Å². The molecule has 1 aromatic carbocycles. The maximum Gasteiger partial charge on any atom is 0.266 e. The van der Waals surface area contributed by atoms with Gasteiger partial charge in [-0.25, -0.2) is 0 Å². The molecule has 4 nitrogen and oxygen atoms in total. The van der Waals surface area contributed by atoms with Gasteiger partial charge in [0.1, 0.15) is 4.32 Å². The summed E-state index contributed by atoms with van der Waals surface area (Å²) in [6.07, 6.45) is 3.44. The van der Waals surface area contributed by atoms with Crippen molar-refractivity contribution in [2.24, 2.45) is 0 Å². The smallest absolute Gasteiger partial charge is 0.266 e. The number of amides is 1. The van der Waals surface area contributed by atoms with E-state index in [4.69, 9.17) is 21.7 Å². The molecule has 0 radical (unpaired) electrons. The van der Waals surface area contributed by atoms with Crippen molar-refractivity contribution in [3.05, 3.63) is 39.7 Å². The highest BCUT2D eigenvalue weighted by molar-refractivity contribution is 9.10. The minimum absolute atomic E-state index is 0.110. The summed E-state index contributed by atoms with van der Waals surface area (Å²) in [5, 5.41) is 0. The second-order valence-electron chi connectivity index (χ2n) is 4.32. The molecule has 0 atom stereocenters. The Morgan fingerprint density at radius 2 is 2.14 bits per heavy atom. The van der Waals surface area contributed by atoms with Crippen LogP contribution in [0.25, 0.3) is 6.08 Å². The van der Waals surface area contributed by atoms with Gasteiger partial charge in [0.25, 0.3) is 5.91 Å². The van der Waals surface area contributed by atoms with Crippen LogP contribution in [0.1, 0.15) is 5.56 Å². The number of nitrogens with zero attached hydrogens (tertiary/aromatic N) is 1. The molecular weight excluding hydrogens is 386 g/mol. The Labute approximate surface area is 147 Å². The van der Waals surface area contributed by atoms with E-state index in [-0.39, 0.29) is 5.91 Å². The summed E-state index contributed by atoms with van der Waals surface area (Å²) in [4.78, 5) is 14.4. The van der Waals surface area contributed by atoms with E-state index in [2.05, 4.69) is 22.5 Å². The van der Waals surface area contributed by atoms with Gasteiger partial charge in [0, 0.05) is 6.54 Å². The first-order chi connectivity index (χ1) is 10.5. The molecular formula is C15H14BrNO3S2. The van der Waals surface area contributed by atoms with Gasteiger partial charge in [0.15, 0.2) is 11.5 Å². The lowest BCUT2D eigenvalue weighted by Gasteiger charge is -2.11. The first kappa shape index (κ1) is 17.1. The van der Waals surface area contributed by atoms with Gasteiger partial charge in [0.2, 0.25) is 0 Å². The van der Waals surface area contributed by atoms with Crippen molar-refractivity contribution in [3.63, 3.8) is 0 Å². The molecule has 0 aromatic heterocycles. The summed E-state index contributed by atoms with van der Waals surface area (Å²) in [7, 11) is 3.14. The average molecular weight is 400 g/mol. The van der Waals surface area contributed by atoms with Crippen LogP contribution >= 0.6 is 39.9 Å². The SMILES string of the molecule is C=CCN1C(=O)C(=Cc2cc(Br)c(OC)c(OC)c2)SC1=S. The third-order valence-electron chi connectivity index (χ3n) is 2.94. The number of benzene rings is 1. The number of rotatable bonds is 5. The number of carbonyl (C=O) groups is 1. The molecule has 1 heterocycles. The molecule has 0 spiro atoms. The quantitative estimate of drug-likeness (QED) is 0.427. The van der Waals surface area contributed by atoms with E-state index in [1.165, 1.54) is 16.7 Å². The van der Waals surface area contributed by atoms with Crippen molar-refractivity contribution in [2.45, 2.75) is 0 Å². The van der Waals surface area contributed by atoms with Gasteiger partial charge in [-0.2, -0.15) is 0 Å². The molecule has 1 saturated heterocycles. The second-order valence-corrected chi connectivity index (χ2v) is 6.85. The third-order valence-corrected chi connectivity index (χ3v) is 4.91. The van der Waals surface area contributed by atoms with Crippen molar-refractivity contribution >= 4 is 56.2 Å². The molecule has 0 unspecified atom stereocenters. The molecule has 1 amide bonds. The molecule has 0 bridgehead atoms. The van der Waals surface area contributed by atoms with E-state index < -0.39 is 0 Å². The number of ether oxygens (including phenoxy) is 2. The van der Waals surface area contributed by atoms with Crippen molar-refractivity contribution in [1.29, 1.82) is 0 Å². The number of thioether (sulfide) groups is 1. The number of thiocarbonyl (C=S) groups is 1. The van der Waals surface area contributed by atoms with Crippen LogP contribution in [0.4, 0.5) is 0 Å². The topological polar surface area (TPSA) is 38.8 Å². The van der Waals surface area contributed by atoms with Gasteiger partial charge < -0.3 is 9.47 Å². The van der Waals surface area contributed by atoms with E-state index in [1.54, 1.807) is 26.4 Å². The maximum absolute atomic E-state index is 12.3. The Kier molecular flexibility index (Phi) is 5.66. The zero-order valence-corrected chi connectivity index (χ0v) is 15.3. The Morgan fingerprint density at radius 1 is 1.41 bits per heavy atom. The highest BCUT2D eigenvalue weighted by Crippen LogP contribution is 2.38. The highest BCUT2D eigenvalue weighted by Gasteiger charge is 2.31. The molecule has 1 fully saturated rings. The number of hydrogen-bond acceptors (Lipinski definition) is 5. The minimum Gasteiger partial charge on any atom is -0.493 e. The fourth-order valence-electron chi connectivity index (χ4n) is 1.96. The zero-order chi connectivity index (χ0) is 16.3. The Balaban J connectivity index is 2.38. The predicted molar refractivity (Wildman–Crippen MR) is 97.3 cm³/mol. The van der Waals surface area contributed by atoms with E-state index in [0.29, 0.717) is 27.3 Å². The molecule has 0 saturated carbocycles. The van der Waals surface area contributed by atoms with E-state index in [0.717, 1.165) is 10.0 Å².